The molecule has 1 aliphatic rings. The van der Waals surface area contributed by atoms with Gasteiger partial charge in [-0.05, 0) is 26.0 Å². The first kappa shape index (κ1) is 9.26. The minimum Gasteiger partial charge on any atom is -0.338 e. The van der Waals surface area contributed by atoms with Gasteiger partial charge in [0.1, 0.15) is 0 Å². The van der Waals surface area contributed by atoms with Crippen LogP contribution in [0.25, 0.3) is 0 Å². The molecular formula is C9H16N2O. The van der Waals surface area contributed by atoms with E-state index >= 15 is 0 Å². The molecule has 0 bridgehead atoms. The second-order valence-corrected chi connectivity index (χ2v) is 3.12. The highest BCUT2D eigenvalue weighted by molar-refractivity contribution is 5.87. The fourth-order valence-corrected chi connectivity index (χ4v) is 1.54. The molecule has 0 aliphatic carbocycles. The van der Waals surface area contributed by atoms with Crippen molar-refractivity contribution in [2.24, 2.45) is 0 Å². The minimum absolute atomic E-state index is 0.0509. The summed E-state index contributed by atoms with van der Waals surface area (Å²) in [6.45, 7) is 5.17. The quantitative estimate of drug-likeness (QED) is 0.605. The van der Waals surface area contributed by atoms with Crippen LogP contribution in [0.3, 0.4) is 0 Å². The van der Waals surface area contributed by atoms with Gasteiger partial charge in [-0.2, -0.15) is 0 Å². The zero-order chi connectivity index (χ0) is 8.97. The van der Waals surface area contributed by atoms with Crippen molar-refractivity contribution in [3.63, 3.8) is 0 Å². The second kappa shape index (κ2) is 4.26. The van der Waals surface area contributed by atoms with Gasteiger partial charge in [-0.3, -0.25) is 4.79 Å². The topological polar surface area (TPSA) is 32.3 Å². The molecule has 1 heterocycles. The molecule has 0 aromatic rings. The summed E-state index contributed by atoms with van der Waals surface area (Å²) >= 11 is 0. The number of hydrogen-bond donors (Lipinski definition) is 1. The second-order valence-electron chi connectivity index (χ2n) is 3.12. The number of hydrogen-bond acceptors (Lipinski definition) is 2. The number of likely N-dealkylation sites (tertiary alicyclic amines) is 1. The molecule has 12 heavy (non-hydrogen) atoms. The highest BCUT2D eigenvalue weighted by Crippen LogP contribution is 2.09. The van der Waals surface area contributed by atoms with E-state index < -0.39 is 0 Å². The lowest BCUT2D eigenvalue weighted by atomic mass is 10.1. The molecule has 1 saturated heterocycles. The maximum absolute atomic E-state index is 11.2. The van der Waals surface area contributed by atoms with Crippen LogP contribution in [0.5, 0.6) is 0 Å². The van der Waals surface area contributed by atoms with E-state index in [4.69, 9.17) is 0 Å². The van der Waals surface area contributed by atoms with Crippen LogP contribution in [0, 0.1) is 0 Å². The number of rotatable bonds is 2. The number of nitrogens with zero attached hydrogens (tertiary/aromatic N) is 1. The van der Waals surface area contributed by atoms with E-state index in [1.54, 1.807) is 0 Å². The smallest absolute Gasteiger partial charge is 0.246 e. The zero-order valence-electron chi connectivity index (χ0n) is 7.55. The molecule has 0 saturated carbocycles. The summed E-state index contributed by atoms with van der Waals surface area (Å²) in [5.74, 6) is 0.0509. The van der Waals surface area contributed by atoms with Crippen LogP contribution in [0.4, 0.5) is 0 Å². The maximum atomic E-state index is 11.2. The molecule has 1 amide bonds. The largest absolute Gasteiger partial charge is 0.338 e. The molecule has 0 spiro atoms. The van der Waals surface area contributed by atoms with Crippen LogP contribution in [0.15, 0.2) is 12.7 Å². The molecule has 1 fully saturated rings. The van der Waals surface area contributed by atoms with Gasteiger partial charge in [-0.1, -0.05) is 6.58 Å². The van der Waals surface area contributed by atoms with E-state index in [1.165, 1.54) is 6.08 Å². The predicted octanol–water partition coefficient (Wildman–Crippen LogP) is 0.383. The van der Waals surface area contributed by atoms with E-state index in [1.807, 2.05) is 11.9 Å². The van der Waals surface area contributed by atoms with Crippen molar-refractivity contribution in [1.82, 2.24) is 10.2 Å². The van der Waals surface area contributed by atoms with E-state index in [-0.39, 0.29) is 5.91 Å². The lowest BCUT2D eigenvalue weighted by Gasteiger charge is -2.31. The molecule has 1 atom stereocenters. The summed E-state index contributed by atoms with van der Waals surface area (Å²) in [6, 6.07) is 0.461. The third-order valence-corrected chi connectivity index (χ3v) is 2.32. The Hall–Kier alpha value is -0.830. The van der Waals surface area contributed by atoms with Crippen LogP contribution < -0.4 is 5.32 Å². The Balaban J connectivity index is 2.45. The van der Waals surface area contributed by atoms with Crippen molar-refractivity contribution in [2.45, 2.75) is 18.9 Å². The molecule has 1 N–H and O–H groups in total. The van der Waals surface area contributed by atoms with Gasteiger partial charge >= 0.3 is 0 Å². The van der Waals surface area contributed by atoms with Crippen LogP contribution in [0.2, 0.25) is 0 Å². The molecular weight excluding hydrogens is 152 g/mol. The zero-order valence-corrected chi connectivity index (χ0v) is 7.55. The Bertz CT molecular complexity index is 179. The van der Waals surface area contributed by atoms with Gasteiger partial charge in [-0.25, -0.2) is 0 Å². The normalized spacial score (nSPS) is 23.8. The Morgan fingerprint density at radius 3 is 3.08 bits per heavy atom. The van der Waals surface area contributed by atoms with E-state index in [0.717, 1.165) is 25.9 Å². The highest BCUT2D eigenvalue weighted by Gasteiger charge is 2.20. The number of piperidine rings is 1. The van der Waals surface area contributed by atoms with Crippen molar-refractivity contribution < 1.29 is 4.79 Å². The average molecular weight is 168 g/mol. The summed E-state index contributed by atoms with van der Waals surface area (Å²) in [4.78, 5) is 13.1. The van der Waals surface area contributed by atoms with E-state index in [0.29, 0.717) is 6.04 Å². The van der Waals surface area contributed by atoms with Gasteiger partial charge in [0.05, 0.1) is 0 Å². The first-order valence-corrected chi connectivity index (χ1v) is 4.36. The van der Waals surface area contributed by atoms with Crippen LogP contribution in [0.1, 0.15) is 12.8 Å². The van der Waals surface area contributed by atoms with E-state index in [9.17, 15) is 4.79 Å². The molecule has 1 aliphatic heterocycles. The summed E-state index contributed by atoms with van der Waals surface area (Å²) in [5.41, 5.74) is 0. The van der Waals surface area contributed by atoms with Crippen molar-refractivity contribution in [1.29, 1.82) is 0 Å². The third-order valence-electron chi connectivity index (χ3n) is 2.32. The standard InChI is InChI=1S/C9H16N2O/c1-3-9(12)11-6-4-5-8(7-11)10-2/h3,8,10H,1,4-7H2,2H3. The van der Waals surface area contributed by atoms with Gasteiger partial charge < -0.3 is 10.2 Å². The molecule has 0 aromatic heterocycles. The van der Waals surface area contributed by atoms with Crippen molar-refractivity contribution >= 4 is 5.91 Å². The highest BCUT2D eigenvalue weighted by atomic mass is 16.2. The fourth-order valence-electron chi connectivity index (χ4n) is 1.54. The SMILES string of the molecule is C=CC(=O)N1CCCC(NC)C1. The van der Waals surface area contributed by atoms with Crippen molar-refractivity contribution in [3.05, 3.63) is 12.7 Å². The summed E-state index contributed by atoms with van der Waals surface area (Å²) < 4.78 is 0. The molecule has 0 radical (unpaired) electrons. The minimum atomic E-state index is 0.0509. The molecule has 68 valence electrons. The molecule has 3 heteroatoms. The Morgan fingerprint density at radius 1 is 1.75 bits per heavy atom. The summed E-state index contributed by atoms with van der Waals surface area (Å²) in [6.07, 6.45) is 3.64. The molecule has 1 rings (SSSR count). The van der Waals surface area contributed by atoms with Crippen molar-refractivity contribution in [2.75, 3.05) is 20.1 Å². The first-order chi connectivity index (χ1) is 5.77. The summed E-state index contributed by atoms with van der Waals surface area (Å²) in [5, 5.41) is 3.18. The van der Waals surface area contributed by atoms with Gasteiger partial charge in [0.2, 0.25) is 5.91 Å². The Morgan fingerprint density at radius 2 is 2.50 bits per heavy atom. The monoisotopic (exact) mass is 168 g/mol. The number of amides is 1. The Labute approximate surface area is 73.4 Å². The van der Waals surface area contributed by atoms with Crippen molar-refractivity contribution in [3.8, 4) is 0 Å². The number of carbonyl (C=O) groups excluding carboxylic acids is 1. The van der Waals surface area contributed by atoms with Crippen LogP contribution in [-0.4, -0.2) is 37.0 Å². The number of nitrogens with one attached hydrogen (secondary N) is 1. The average Bonchev–Trinajstić information content (AvgIpc) is 2.17. The molecule has 0 aromatic carbocycles. The summed E-state index contributed by atoms with van der Waals surface area (Å²) in [7, 11) is 1.94. The van der Waals surface area contributed by atoms with Crippen LogP contribution >= 0.6 is 0 Å². The third kappa shape index (κ3) is 2.08. The Kier molecular flexibility index (Phi) is 3.29. The molecule has 3 nitrogen and oxygen atoms in total. The number of likely N-dealkylation sites (N-methyl/N-ethyl adjacent to an activating group) is 1. The fraction of sp³-hybridized carbons (Fsp3) is 0.667. The molecule has 1 unspecified atom stereocenters. The lowest BCUT2D eigenvalue weighted by Crippen LogP contribution is -2.46. The van der Waals surface area contributed by atoms with Gasteiger partial charge in [0, 0.05) is 19.1 Å². The first-order valence-electron chi connectivity index (χ1n) is 4.36. The van der Waals surface area contributed by atoms with Crippen LogP contribution in [-0.2, 0) is 4.79 Å². The van der Waals surface area contributed by atoms with Gasteiger partial charge in [0.25, 0.3) is 0 Å². The van der Waals surface area contributed by atoms with E-state index in [2.05, 4.69) is 11.9 Å². The predicted molar refractivity (Wildman–Crippen MR) is 48.9 cm³/mol. The number of carbonyl (C=O) groups is 1. The lowest BCUT2D eigenvalue weighted by molar-refractivity contribution is -0.127. The maximum Gasteiger partial charge on any atom is 0.246 e. The van der Waals surface area contributed by atoms with Gasteiger partial charge in [-0.15, -0.1) is 0 Å². The van der Waals surface area contributed by atoms with Gasteiger partial charge in [0.15, 0.2) is 0 Å².